The number of H-pyrrole nitrogens is 1. The number of fused-ring (bicyclic) bond motifs is 1. The second-order valence-electron chi connectivity index (χ2n) is 4.74. The van der Waals surface area contributed by atoms with E-state index in [9.17, 15) is 4.79 Å². The number of para-hydroxylation sites is 1. The fourth-order valence-electron chi connectivity index (χ4n) is 2.49. The third kappa shape index (κ3) is 1.84. The van der Waals surface area contributed by atoms with Crippen LogP contribution in [0.4, 0.5) is 0 Å². The van der Waals surface area contributed by atoms with Crippen LogP contribution in [0.2, 0.25) is 5.02 Å². The first kappa shape index (κ1) is 11.8. The van der Waals surface area contributed by atoms with Crippen LogP contribution in [-0.2, 0) is 4.74 Å². The van der Waals surface area contributed by atoms with Crippen LogP contribution < -0.4 is 0 Å². The number of Topliss-reactive ketones (excluding diaryl/α,β-unsaturated/α-hetero) is 1. The molecule has 1 aromatic heterocycles. The molecule has 1 aliphatic heterocycles. The van der Waals surface area contributed by atoms with Gasteiger partial charge in [0.05, 0.1) is 16.6 Å². The molecule has 0 bridgehead atoms. The van der Waals surface area contributed by atoms with E-state index in [4.69, 9.17) is 16.3 Å². The Morgan fingerprint density at radius 1 is 1.44 bits per heavy atom. The van der Waals surface area contributed by atoms with E-state index in [1.807, 2.05) is 25.1 Å². The lowest BCUT2D eigenvalue weighted by atomic mass is 10.0. The maximum absolute atomic E-state index is 12.4. The number of aromatic nitrogens is 1. The standard InChI is InChI=1S/C14H14ClNO2/c1-8-5-6-12(18-8)14(17)10-7-16-13-9(10)3-2-4-11(13)15/h2-4,7-8,12,16H,5-6H2,1H3. The molecule has 0 aliphatic carbocycles. The summed E-state index contributed by atoms with van der Waals surface area (Å²) in [7, 11) is 0. The minimum absolute atomic E-state index is 0.0490. The summed E-state index contributed by atoms with van der Waals surface area (Å²) in [5, 5.41) is 1.50. The van der Waals surface area contributed by atoms with E-state index >= 15 is 0 Å². The molecule has 0 radical (unpaired) electrons. The number of halogens is 1. The van der Waals surface area contributed by atoms with Crippen LogP contribution >= 0.6 is 11.6 Å². The Kier molecular flexibility index (Phi) is 2.88. The molecule has 1 aromatic carbocycles. The quantitative estimate of drug-likeness (QED) is 0.842. The zero-order valence-corrected chi connectivity index (χ0v) is 10.8. The maximum Gasteiger partial charge on any atom is 0.193 e. The summed E-state index contributed by atoms with van der Waals surface area (Å²) < 4.78 is 5.63. The Labute approximate surface area is 110 Å². The molecule has 0 saturated carbocycles. The lowest BCUT2D eigenvalue weighted by Gasteiger charge is -2.09. The maximum atomic E-state index is 12.4. The van der Waals surface area contributed by atoms with E-state index in [1.54, 1.807) is 6.20 Å². The van der Waals surface area contributed by atoms with E-state index in [-0.39, 0.29) is 18.0 Å². The van der Waals surface area contributed by atoms with Crippen molar-refractivity contribution in [2.75, 3.05) is 0 Å². The fourth-order valence-corrected chi connectivity index (χ4v) is 2.72. The molecule has 2 aromatic rings. The van der Waals surface area contributed by atoms with Gasteiger partial charge in [0, 0.05) is 17.1 Å². The monoisotopic (exact) mass is 263 g/mol. The summed E-state index contributed by atoms with van der Waals surface area (Å²) in [5.41, 5.74) is 1.49. The molecule has 0 amide bonds. The van der Waals surface area contributed by atoms with Crippen molar-refractivity contribution in [1.82, 2.24) is 4.98 Å². The van der Waals surface area contributed by atoms with Gasteiger partial charge in [-0.05, 0) is 25.8 Å². The molecular weight excluding hydrogens is 250 g/mol. The summed E-state index contributed by atoms with van der Waals surface area (Å²) in [5.74, 6) is 0.0490. The molecular formula is C14H14ClNO2. The largest absolute Gasteiger partial charge is 0.367 e. The molecule has 4 heteroatoms. The Morgan fingerprint density at radius 3 is 3.00 bits per heavy atom. The second kappa shape index (κ2) is 4.41. The molecule has 94 valence electrons. The van der Waals surface area contributed by atoms with Gasteiger partial charge < -0.3 is 9.72 Å². The molecule has 1 N–H and O–H groups in total. The summed E-state index contributed by atoms with van der Waals surface area (Å²) in [6.45, 7) is 2.00. The second-order valence-corrected chi connectivity index (χ2v) is 5.15. The first-order valence-electron chi connectivity index (χ1n) is 6.12. The number of ketones is 1. The number of ether oxygens (including phenoxy) is 1. The third-order valence-corrected chi connectivity index (χ3v) is 3.77. The number of rotatable bonds is 2. The van der Waals surface area contributed by atoms with Crippen molar-refractivity contribution in [2.45, 2.75) is 32.0 Å². The number of hydrogen-bond acceptors (Lipinski definition) is 2. The minimum Gasteiger partial charge on any atom is -0.367 e. The van der Waals surface area contributed by atoms with Gasteiger partial charge in [0.25, 0.3) is 0 Å². The highest BCUT2D eigenvalue weighted by atomic mass is 35.5. The van der Waals surface area contributed by atoms with E-state index in [2.05, 4.69) is 4.98 Å². The van der Waals surface area contributed by atoms with E-state index in [1.165, 1.54) is 0 Å². The van der Waals surface area contributed by atoms with Gasteiger partial charge in [-0.25, -0.2) is 0 Å². The molecule has 2 unspecified atom stereocenters. The number of carbonyl (C=O) groups excluding carboxylic acids is 1. The number of hydrogen-bond donors (Lipinski definition) is 1. The van der Waals surface area contributed by atoms with Crippen LogP contribution in [0.1, 0.15) is 30.1 Å². The van der Waals surface area contributed by atoms with Gasteiger partial charge in [0.15, 0.2) is 5.78 Å². The first-order chi connectivity index (χ1) is 8.66. The zero-order valence-electron chi connectivity index (χ0n) is 10.1. The van der Waals surface area contributed by atoms with Gasteiger partial charge in [0.2, 0.25) is 0 Å². The summed E-state index contributed by atoms with van der Waals surface area (Å²) in [4.78, 5) is 15.5. The Morgan fingerprint density at radius 2 is 2.28 bits per heavy atom. The third-order valence-electron chi connectivity index (χ3n) is 3.45. The van der Waals surface area contributed by atoms with Crippen LogP contribution in [0.15, 0.2) is 24.4 Å². The average molecular weight is 264 g/mol. The van der Waals surface area contributed by atoms with Gasteiger partial charge in [-0.15, -0.1) is 0 Å². The van der Waals surface area contributed by atoms with E-state index in [0.717, 1.165) is 23.7 Å². The van der Waals surface area contributed by atoms with Crippen LogP contribution in [0.5, 0.6) is 0 Å². The SMILES string of the molecule is CC1CCC(C(=O)c2c[nH]c3c(Cl)cccc23)O1. The highest BCUT2D eigenvalue weighted by Crippen LogP contribution is 2.29. The minimum atomic E-state index is -0.307. The molecule has 1 saturated heterocycles. The summed E-state index contributed by atoms with van der Waals surface area (Å²) in [6, 6.07) is 5.57. The van der Waals surface area contributed by atoms with Gasteiger partial charge in [-0.1, -0.05) is 23.7 Å². The van der Waals surface area contributed by atoms with Crippen LogP contribution in [0.3, 0.4) is 0 Å². The van der Waals surface area contributed by atoms with Gasteiger partial charge in [0.1, 0.15) is 6.10 Å². The van der Waals surface area contributed by atoms with Crippen molar-refractivity contribution >= 4 is 28.3 Å². The average Bonchev–Trinajstić information content (AvgIpc) is 2.95. The van der Waals surface area contributed by atoms with Crippen LogP contribution in [0, 0.1) is 0 Å². The van der Waals surface area contributed by atoms with Crippen LogP contribution in [0.25, 0.3) is 10.9 Å². The van der Waals surface area contributed by atoms with Gasteiger partial charge in [-0.2, -0.15) is 0 Å². The van der Waals surface area contributed by atoms with Crippen molar-refractivity contribution in [2.24, 2.45) is 0 Å². The predicted molar refractivity (Wildman–Crippen MR) is 71.2 cm³/mol. The van der Waals surface area contributed by atoms with Crippen molar-refractivity contribution in [3.8, 4) is 0 Å². The van der Waals surface area contributed by atoms with Crippen molar-refractivity contribution < 1.29 is 9.53 Å². The normalized spacial score (nSPS) is 23.7. The molecule has 3 rings (SSSR count). The number of benzene rings is 1. The molecule has 18 heavy (non-hydrogen) atoms. The van der Waals surface area contributed by atoms with Gasteiger partial charge >= 0.3 is 0 Å². The Bertz CT molecular complexity index is 605. The summed E-state index contributed by atoms with van der Waals surface area (Å²) >= 11 is 6.08. The van der Waals surface area contributed by atoms with E-state index in [0.29, 0.717) is 10.6 Å². The first-order valence-corrected chi connectivity index (χ1v) is 6.50. The number of nitrogens with one attached hydrogen (secondary N) is 1. The fraction of sp³-hybridized carbons (Fsp3) is 0.357. The van der Waals surface area contributed by atoms with Crippen molar-refractivity contribution in [3.63, 3.8) is 0 Å². The highest BCUT2D eigenvalue weighted by molar-refractivity contribution is 6.35. The topological polar surface area (TPSA) is 42.1 Å². The van der Waals surface area contributed by atoms with Gasteiger partial charge in [-0.3, -0.25) is 4.79 Å². The van der Waals surface area contributed by atoms with Crippen molar-refractivity contribution in [1.29, 1.82) is 0 Å². The molecule has 3 nitrogen and oxygen atoms in total. The van der Waals surface area contributed by atoms with E-state index < -0.39 is 0 Å². The number of carbonyl (C=O) groups is 1. The molecule has 1 aliphatic rings. The Balaban J connectivity index is 1.99. The van der Waals surface area contributed by atoms with Crippen molar-refractivity contribution in [3.05, 3.63) is 35.0 Å². The van der Waals surface area contributed by atoms with Crippen LogP contribution in [-0.4, -0.2) is 23.0 Å². The molecule has 1 fully saturated rings. The molecule has 0 spiro atoms. The Hall–Kier alpha value is -1.32. The summed E-state index contributed by atoms with van der Waals surface area (Å²) in [6.07, 6.45) is 3.34. The predicted octanol–water partition coefficient (Wildman–Crippen LogP) is 3.57. The molecule has 2 heterocycles. The smallest absolute Gasteiger partial charge is 0.193 e. The lowest BCUT2D eigenvalue weighted by Crippen LogP contribution is -2.20. The number of aromatic amines is 1. The molecule has 2 atom stereocenters. The zero-order chi connectivity index (χ0) is 12.7. The highest BCUT2D eigenvalue weighted by Gasteiger charge is 2.30. The lowest BCUT2D eigenvalue weighted by molar-refractivity contribution is 0.0435.